The summed E-state index contributed by atoms with van der Waals surface area (Å²) in [6.45, 7) is 6.22. The molecule has 1 atom stereocenters. The Balaban J connectivity index is 4.55. The lowest BCUT2D eigenvalue weighted by Gasteiger charge is -2.18. The molecule has 6 heteroatoms. The van der Waals surface area contributed by atoms with Crippen molar-refractivity contribution in [2.24, 2.45) is 0 Å². The van der Waals surface area contributed by atoms with Crippen LogP contribution in [0.15, 0.2) is 146 Å². The van der Waals surface area contributed by atoms with Crippen LogP contribution in [0.2, 0.25) is 0 Å². The maximum absolute atomic E-state index is 12.8. The predicted molar refractivity (Wildman–Crippen MR) is 297 cm³/mol. The minimum absolute atomic E-state index is 0.114. The average molecular weight is 951 g/mol. The number of ether oxygens (including phenoxy) is 3. The Bertz CT molecular complexity index is 1560. The number of rotatable bonds is 47. The van der Waals surface area contributed by atoms with Crippen LogP contribution in [0.1, 0.15) is 213 Å². The molecule has 0 aromatic carbocycles. The number of esters is 3. The minimum Gasteiger partial charge on any atom is -0.462 e. The van der Waals surface area contributed by atoms with Crippen molar-refractivity contribution in [2.75, 3.05) is 13.2 Å². The van der Waals surface area contributed by atoms with Crippen LogP contribution in [0.3, 0.4) is 0 Å². The van der Waals surface area contributed by atoms with Crippen molar-refractivity contribution in [3.63, 3.8) is 0 Å². The molecule has 0 aromatic heterocycles. The van der Waals surface area contributed by atoms with E-state index in [4.69, 9.17) is 14.2 Å². The highest BCUT2D eigenvalue weighted by Crippen LogP contribution is 2.12. The van der Waals surface area contributed by atoms with Gasteiger partial charge in [0.15, 0.2) is 6.10 Å². The van der Waals surface area contributed by atoms with Crippen LogP contribution in [0, 0.1) is 0 Å². The summed E-state index contributed by atoms with van der Waals surface area (Å²) in [7, 11) is 0. The first kappa shape index (κ1) is 64.3. The Labute approximate surface area is 423 Å². The van der Waals surface area contributed by atoms with Crippen LogP contribution in [-0.4, -0.2) is 37.2 Å². The highest BCUT2D eigenvalue weighted by molar-refractivity contribution is 5.71. The zero-order valence-corrected chi connectivity index (χ0v) is 44.0. The molecule has 0 aliphatic heterocycles. The first-order chi connectivity index (χ1) is 34.0. The van der Waals surface area contributed by atoms with Gasteiger partial charge in [0.25, 0.3) is 0 Å². The van der Waals surface area contributed by atoms with E-state index in [9.17, 15) is 14.4 Å². The summed E-state index contributed by atoms with van der Waals surface area (Å²) >= 11 is 0. The lowest BCUT2D eigenvalue weighted by atomic mass is 10.1. The van der Waals surface area contributed by atoms with Crippen molar-refractivity contribution < 1.29 is 28.6 Å². The first-order valence-electron chi connectivity index (χ1n) is 27.3. The Hall–Kier alpha value is -4.71. The van der Waals surface area contributed by atoms with Gasteiger partial charge in [0.2, 0.25) is 0 Å². The molecule has 386 valence electrons. The van der Waals surface area contributed by atoms with Gasteiger partial charge in [0.1, 0.15) is 13.2 Å². The standard InChI is InChI=1S/C63H98O6/c1-4-7-10-13-16-19-22-25-28-30-31-33-35-38-41-44-47-50-53-56-62(65)68-59-60(58-67-61(64)55-52-49-46-43-40-37-34-27-24-21-18-15-12-9-6-3)69-63(66)57-54-51-48-45-42-39-36-32-29-26-23-20-17-14-11-8-5-2/h7-12,16-21,25-29,31,33-34,36,38-39,41,60H,4-6,13-15,22-24,30,32,35,37,40,42-59H2,1-3H3/b10-7-,11-8-,12-9-,19-16-,20-17-,21-18-,28-25-,29-26-,33-31-,34-27-,39-36-,41-38-/t60-/m0/s1. The Morgan fingerprint density at radius 1 is 0.290 bits per heavy atom. The molecule has 0 spiro atoms. The summed E-state index contributed by atoms with van der Waals surface area (Å²) in [6, 6.07) is 0. The van der Waals surface area contributed by atoms with Crippen LogP contribution < -0.4 is 0 Å². The Morgan fingerprint density at radius 3 is 0.826 bits per heavy atom. The summed E-state index contributed by atoms with van der Waals surface area (Å²) in [4.78, 5) is 38.1. The van der Waals surface area contributed by atoms with Crippen molar-refractivity contribution in [3.8, 4) is 0 Å². The topological polar surface area (TPSA) is 78.9 Å². The van der Waals surface area contributed by atoms with Gasteiger partial charge in [-0.2, -0.15) is 0 Å². The molecule has 0 aliphatic rings. The predicted octanol–water partition coefficient (Wildman–Crippen LogP) is 18.4. The maximum Gasteiger partial charge on any atom is 0.306 e. The fourth-order valence-corrected chi connectivity index (χ4v) is 6.83. The van der Waals surface area contributed by atoms with E-state index < -0.39 is 6.10 Å². The summed E-state index contributed by atoms with van der Waals surface area (Å²) in [5.74, 6) is -0.996. The van der Waals surface area contributed by atoms with Gasteiger partial charge in [-0.25, -0.2) is 0 Å². The van der Waals surface area contributed by atoms with Crippen molar-refractivity contribution in [3.05, 3.63) is 146 Å². The van der Waals surface area contributed by atoms with Crippen LogP contribution in [-0.2, 0) is 28.6 Å². The van der Waals surface area contributed by atoms with Gasteiger partial charge in [0.05, 0.1) is 0 Å². The number of hydrogen-bond donors (Lipinski definition) is 0. The fourth-order valence-electron chi connectivity index (χ4n) is 6.83. The number of allylic oxidation sites excluding steroid dienone is 24. The molecule has 0 radical (unpaired) electrons. The maximum atomic E-state index is 12.8. The largest absolute Gasteiger partial charge is 0.462 e. The highest BCUT2D eigenvalue weighted by Gasteiger charge is 2.19. The van der Waals surface area contributed by atoms with Crippen LogP contribution in [0.4, 0.5) is 0 Å². The SMILES string of the molecule is CC/C=C\C/C=C\C/C=C\C/C=C\C/C=C\CCCCCC(=O)OC[C@H](COC(=O)CCCCCCC/C=C\C/C=C\C/C=C\CC)OC(=O)CCCCCC/C=C\C/C=C\C/C=C\C/C=C\CC. The summed E-state index contributed by atoms with van der Waals surface area (Å²) in [6.07, 6.45) is 79.7. The number of unbranched alkanes of at least 4 members (excludes halogenated alkanes) is 12. The van der Waals surface area contributed by atoms with E-state index in [1.807, 2.05) is 0 Å². The molecule has 69 heavy (non-hydrogen) atoms. The fraction of sp³-hybridized carbons (Fsp3) is 0.571. The first-order valence-corrected chi connectivity index (χ1v) is 27.3. The summed E-state index contributed by atoms with van der Waals surface area (Å²) in [5, 5.41) is 0. The summed E-state index contributed by atoms with van der Waals surface area (Å²) in [5.41, 5.74) is 0. The third-order valence-electron chi connectivity index (χ3n) is 10.8. The zero-order valence-electron chi connectivity index (χ0n) is 44.0. The third kappa shape index (κ3) is 54.1. The van der Waals surface area contributed by atoms with Gasteiger partial charge in [-0.3, -0.25) is 14.4 Å². The van der Waals surface area contributed by atoms with E-state index >= 15 is 0 Å². The average Bonchev–Trinajstić information content (AvgIpc) is 3.35. The molecule has 0 aliphatic carbocycles. The molecule has 0 unspecified atom stereocenters. The Kier molecular flexibility index (Phi) is 52.1. The van der Waals surface area contributed by atoms with E-state index in [2.05, 4.69) is 167 Å². The lowest BCUT2D eigenvalue weighted by Crippen LogP contribution is -2.30. The van der Waals surface area contributed by atoms with Crippen molar-refractivity contribution in [2.45, 2.75) is 219 Å². The van der Waals surface area contributed by atoms with E-state index in [-0.39, 0.29) is 37.5 Å². The molecule has 0 saturated carbocycles. The summed E-state index contributed by atoms with van der Waals surface area (Å²) < 4.78 is 16.8. The van der Waals surface area contributed by atoms with Gasteiger partial charge in [-0.15, -0.1) is 0 Å². The van der Waals surface area contributed by atoms with E-state index in [0.717, 1.165) is 173 Å². The Morgan fingerprint density at radius 2 is 0.522 bits per heavy atom. The van der Waals surface area contributed by atoms with Crippen molar-refractivity contribution in [1.29, 1.82) is 0 Å². The molecule has 0 rings (SSSR count). The lowest BCUT2D eigenvalue weighted by molar-refractivity contribution is -0.167. The zero-order chi connectivity index (χ0) is 50.0. The molecule has 0 fully saturated rings. The van der Waals surface area contributed by atoms with Crippen LogP contribution in [0.25, 0.3) is 0 Å². The van der Waals surface area contributed by atoms with Crippen LogP contribution in [0.5, 0.6) is 0 Å². The van der Waals surface area contributed by atoms with Crippen molar-refractivity contribution in [1.82, 2.24) is 0 Å². The molecular formula is C63H98O6. The molecule has 0 saturated heterocycles. The quantitative estimate of drug-likeness (QED) is 0.0262. The molecule has 0 heterocycles. The number of carbonyl (C=O) groups is 3. The van der Waals surface area contributed by atoms with Gasteiger partial charge in [-0.1, -0.05) is 205 Å². The molecule has 0 N–H and O–H groups in total. The van der Waals surface area contributed by atoms with E-state index in [1.54, 1.807) is 0 Å². The van der Waals surface area contributed by atoms with Gasteiger partial charge in [0, 0.05) is 19.3 Å². The molecule has 0 amide bonds. The van der Waals surface area contributed by atoms with Crippen LogP contribution >= 0.6 is 0 Å². The monoisotopic (exact) mass is 951 g/mol. The van der Waals surface area contributed by atoms with Gasteiger partial charge in [-0.05, 0) is 135 Å². The second-order valence-corrected chi connectivity index (χ2v) is 17.3. The minimum atomic E-state index is -0.819. The molecule has 0 bridgehead atoms. The third-order valence-corrected chi connectivity index (χ3v) is 10.8. The van der Waals surface area contributed by atoms with E-state index in [1.165, 1.54) is 0 Å². The molecular weight excluding hydrogens is 853 g/mol. The second-order valence-electron chi connectivity index (χ2n) is 17.3. The number of carbonyl (C=O) groups excluding carboxylic acids is 3. The molecule has 0 aromatic rings. The second kappa shape index (κ2) is 55.9. The van der Waals surface area contributed by atoms with Gasteiger partial charge >= 0.3 is 17.9 Å². The normalized spacial score (nSPS) is 13.3. The van der Waals surface area contributed by atoms with Gasteiger partial charge < -0.3 is 14.2 Å². The smallest absolute Gasteiger partial charge is 0.306 e. The van der Waals surface area contributed by atoms with Crippen molar-refractivity contribution >= 4 is 17.9 Å². The molecule has 6 nitrogen and oxygen atoms in total. The number of hydrogen-bond acceptors (Lipinski definition) is 6. The van der Waals surface area contributed by atoms with E-state index in [0.29, 0.717) is 12.8 Å². The highest BCUT2D eigenvalue weighted by atomic mass is 16.6.